The van der Waals surface area contributed by atoms with E-state index in [2.05, 4.69) is 32.7 Å². The predicted molar refractivity (Wildman–Crippen MR) is 102 cm³/mol. The number of benzene rings is 1. The summed E-state index contributed by atoms with van der Waals surface area (Å²) in [6.07, 6.45) is 2.11. The number of thiazole rings is 1. The van der Waals surface area contributed by atoms with E-state index in [1.165, 1.54) is 4.88 Å². The molecule has 1 aromatic carbocycles. The molecule has 132 valence electrons. The van der Waals surface area contributed by atoms with E-state index in [9.17, 15) is 4.79 Å². The Bertz CT molecular complexity index is 868. The van der Waals surface area contributed by atoms with Gasteiger partial charge in [0.15, 0.2) is 4.96 Å². The van der Waals surface area contributed by atoms with Crippen LogP contribution in [0.4, 0.5) is 0 Å². The van der Waals surface area contributed by atoms with Gasteiger partial charge in [-0.1, -0.05) is 30.3 Å². The zero-order chi connectivity index (χ0) is 18.0. The van der Waals surface area contributed by atoms with Crippen molar-refractivity contribution in [1.82, 2.24) is 19.6 Å². The Morgan fingerprint density at radius 3 is 2.76 bits per heavy atom. The van der Waals surface area contributed by atoms with E-state index >= 15 is 0 Å². The topological polar surface area (TPSA) is 49.6 Å². The molecule has 3 aromatic rings. The van der Waals surface area contributed by atoms with Crippen LogP contribution < -0.4 is 5.32 Å². The molecule has 0 bridgehead atoms. The Hall–Kier alpha value is -2.18. The second-order valence-electron chi connectivity index (χ2n) is 6.43. The van der Waals surface area contributed by atoms with Gasteiger partial charge in [-0.15, -0.1) is 11.3 Å². The van der Waals surface area contributed by atoms with Crippen molar-refractivity contribution in [2.45, 2.75) is 39.9 Å². The number of fused-ring (bicyclic) bond motifs is 1. The fourth-order valence-corrected chi connectivity index (χ4v) is 3.70. The van der Waals surface area contributed by atoms with Gasteiger partial charge in [0, 0.05) is 24.2 Å². The van der Waals surface area contributed by atoms with Gasteiger partial charge in [-0.05, 0) is 33.4 Å². The SMILES string of the molecule is Cc1cn2c(CN(C)[C@@H](C)C(=O)NCc3ccccc3)c(C)nc2s1. The molecule has 2 heterocycles. The smallest absolute Gasteiger partial charge is 0.237 e. The van der Waals surface area contributed by atoms with E-state index in [0.717, 1.165) is 21.9 Å². The third-order valence-corrected chi connectivity index (χ3v) is 5.39. The predicted octanol–water partition coefficient (Wildman–Crippen LogP) is 3.15. The maximum atomic E-state index is 12.5. The van der Waals surface area contributed by atoms with Gasteiger partial charge in [0.25, 0.3) is 0 Å². The van der Waals surface area contributed by atoms with Crippen LogP contribution in [0.2, 0.25) is 0 Å². The first-order valence-corrected chi connectivity index (χ1v) is 9.23. The average Bonchev–Trinajstić information content (AvgIpc) is 3.09. The molecule has 3 rings (SSSR count). The maximum absolute atomic E-state index is 12.5. The van der Waals surface area contributed by atoms with E-state index in [1.807, 2.05) is 51.2 Å². The fraction of sp³-hybridized carbons (Fsp3) is 0.368. The van der Waals surface area contributed by atoms with Gasteiger partial charge in [0.1, 0.15) is 0 Å². The highest BCUT2D eigenvalue weighted by Crippen LogP contribution is 2.22. The number of carbonyl (C=O) groups is 1. The number of rotatable bonds is 6. The number of hydrogen-bond donors (Lipinski definition) is 1. The van der Waals surface area contributed by atoms with Gasteiger partial charge in [0.2, 0.25) is 5.91 Å². The van der Waals surface area contributed by atoms with Gasteiger partial charge in [-0.25, -0.2) is 4.98 Å². The molecule has 2 aromatic heterocycles. The molecule has 1 atom stereocenters. The third-order valence-electron chi connectivity index (χ3n) is 4.49. The molecular weight excluding hydrogens is 332 g/mol. The van der Waals surface area contributed by atoms with Gasteiger partial charge >= 0.3 is 0 Å². The molecule has 0 radical (unpaired) electrons. The first-order valence-electron chi connectivity index (χ1n) is 8.41. The lowest BCUT2D eigenvalue weighted by atomic mass is 10.2. The maximum Gasteiger partial charge on any atom is 0.237 e. The van der Waals surface area contributed by atoms with Crippen molar-refractivity contribution >= 4 is 22.2 Å². The Balaban J connectivity index is 1.64. The minimum absolute atomic E-state index is 0.0336. The summed E-state index contributed by atoms with van der Waals surface area (Å²) in [6, 6.07) is 9.75. The Labute approximate surface area is 152 Å². The number of imidazole rings is 1. The molecule has 1 N–H and O–H groups in total. The number of amides is 1. The first kappa shape index (κ1) is 17.6. The fourth-order valence-electron chi connectivity index (χ4n) is 2.81. The van der Waals surface area contributed by atoms with E-state index in [0.29, 0.717) is 13.1 Å². The molecule has 6 heteroatoms. The second-order valence-corrected chi connectivity index (χ2v) is 7.65. The summed E-state index contributed by atoms with van der Waals surface area (Å²) in [5, 5.41) is 3.01. The summed E-state index contributed by atoms with van der Waals surface area (Å²) >= 11 is 1.69. The molecule has 0 spiro atoms. The first-order chi connectivity index (χ1) is 12.0. The van der Waals surface area contributed by atoms with Crippen LogP contribution in [0.5, 0.6) is 0 Å². The number of carbonyl (C=O) groups excluding carboxylic acids is 1. The molecule has 0 unspecified atom stereocenters. The molecule has 0 aliphatic rings. The molecule has 0 saturated carbocycles. The van der Waals surface area contributed by atoms with E-state index in [1.54, 1.807) is 11.3 Å². The lowest BCUT2D eigenvalue weighted by Gasteiger charge is -2.24. The largest absolute Gasteiger partial charge is 0.351 e. The Morgan fingerprint density at radius 2 is 2.04 bits per heavy atom. The van der Waals surface area contributed by atoms with Crippen LogP contribution in [0, 0.1) is 13.8 Å². The molecule has 0 fully saturated rings. The van der Waals surface area contributed by atoms with Gasteiger partial charge in [-0.3, -0.25) is 14.1 Å². The van der Waals surface area contributed by atoms with Crippen molar-refractivity contribution < 1.29 is 4.79 Å². The van der Waals surface area contributed by atoms with Crippen LogP contribution in [-0.4, -0.2) is 33.3 Å². The summed E-state index contributed by atoms with van der Waals surface area (Å²) in [5.74, 6) is 0.0336. The number of nitrogens with one attached hydrogen (secondary N) is 1. The van der Waals surface area contributed by atoms with E-state index in [4.69, 9.17) is 0 Å². The third kappa shape index (κ3) is 3.91. The molecule has 0 aliphatic carbocycles. The number of nitrogens with zero attached hydrogens (tertiary/aromatic N) is 3. The molecule has 25 heavy (non-hydrogen) atoms. The van der Waals surface area contributed by atoms with Gasteiger partial charge in [0.05, 0.1) is 17.4 Å². The highest BCUT2D eigenvalue weighted by molar-refractivity contribution is 7.17. The van der Waals surface area contributed by atoms with Crippen LogP contribution in [0.1, 0.15) is 28.8 Å². The number of likely N-dealkylation sites (N-methyl/N-ethyl adjacent to an activating group) is 1. The van der Waals surface area contributed by atoms with Crippen LogP contribution in [-0.2, 0) is 17.9 Å². The number of aryl methyl sites for hydroxylation is 2. The molecular formula is C19H24N4OS. The molecule has 5 nitrogen and oxygen atoms in total. The number of hydrogen-bond acceptors (Lipinski definition) is 4. The Kier molecular flexibility index (Phi) is 5.20. The van der Waals surface area contributed by atoms with E-state index < -0.39 is 0 Å². The molecule has 0 aliphatic heterocycles. The van der Waals surface area contributed by atoms with Crippen molar-refractivity contribution in [2.75, 3.05) is 7.05 Å². The van der Waals surface area contributed by atoms with Crippen LogP contribution >= 0.6 is 11.3 Å². The summed E-state index contributed by atoms with van der Waals surface area (Å²) in [4.78, 5) is 21.4. The van der Waals surface area contributed by atoms with Crippen molar-refractivity contribution in [3.8, 4) is 0 Å². The lowest BCUT2D eigenvalue weighted by Crippen LogP contribution is -2.42. The van der Waals surface area contributed by atoms with Crippen LogP contribution in [0.25, 0.3) is 4.96 Å². The average molecular weight is 356 g/mol. The quantitative estimate of drug-likeness (QED) is 0.738. The van der Waals surface area contributed by atoms with E-state index in [-0.39, 0.29) is 11.9 Å². The monoisotopic (exact) mass is 356 g/mol. The van der Waals surface area contributed by atoms with Gasteiger partial charge < -0.3 is 5.32 Å². The molecule has 1 amide bonds. The van der Waals surface area contributed by atoms with Crippen molar-refractivity contribution in [1.29, 1.82) is 0 Å². The normalized spacial score (nSPS) is 12.7. The summed E-state index contributed by atoms with van der Waals surface area (Å²) in [6.45, 7) is 7.29. The highest BCUT2D eigenvalue weighted by atomic mass is 32.1. The van der Waals surface area contributed by atoms with Gasteiger partial charge in [-0.2, -0.15) is 0 Å². The lowest BCUT2D eigenvalue weighted by molar-refractivity contribution is -0.125. The zero-order valence-electron chi connectivity index (χ0n) is 15.1. The minimum Gasteiger partial charge on any atom is -0.351 e. The summed E-state index contributed by atoms with van der Waals surface area (Å²) in [7, 11) is 1.98. The van der Waals surface area contributed by atoms with Crippen molar-refractivity contribution in [3.05, 3.63) is 58.4 Å². The van der Waals surface area contributed by atoms with Crippen LogP contribution in [0.15, 0.2) is 36.5 Å². The van der Waals surface area contributed by atoms with Crippen LogP contribution in [0.3, 0.4) is 0 Å². The Morgan fingerprint density at radius 1 is 1.32 bits per heavy atom. The second kappa shape index (κ2) is 7.37. The van der Waals surface area contributed by atoms with Crippen molar-refractivity contribution in [2.24, 2.45) is 0 Å². The summed E-state index contributed by atoms with van der Waals surface area (Å²) < 4.78 is 2.14. The molecule has 0 saturated heterocycles. The standard InChI is InChI=1S/C19H24N4OS/c1-13-11-23-17(14(2)21-19(23)25-13)12-22(4)15(3)18(24)20-10-16-8-6-5-7-9-16/h5-9,11,15H,10,12H2,1-4H3,(H,20,24)/t15-/m0/s1. The van der Waals surface area contributed by atoms with Crippen molar-refractivity contribution in [3.63, 3.8) is 0 Å². The highest BCUT2D eigenvalue weighted by Gasteiger charge is 2.20. The minimum atomic E-state index is -0.214. The zero-order valence-corrected chi connectivity index (χ0v) is 15.9. The summed E-state index contributed by atoms with van der Waals surface area (Å²) in [5.41, 5.74) is 3.27. The number of aromatic nitrogens is 2.